The van der Waals surface area contributed by atoms with Gasteiger partial charge in [0.15, 0.2) is 0 Å². The van der Waals surface area contributed by atoms with Gasteiger partial charge in [-0.2, -0.15) is 5.10 Å². The van der Waals surface area contributed by atoms with Gasteiger partial charge in [0.2, 0.25) is 0 Å². The summed E-state index contributed by atoms with van der Waals surface area (Å²) in [5.41, 5.74) is 3.38. The predicted octanol–water partition coefficient (Wildman–Crippen LogP) is 6.29. The molecule has 1 aromatic rings. The molecule has 132 valence electrons. The number of hydrazone groups is 1. The van der Waals surface area contributed by atoms with Crippen molar-refractivity contribution in [2.24, 2.45) is 5.10 Å². The molecular weight excluding hydrogens is 672 g/mol. The van der Waals surface area contributed by atoms with E-state index in [0.717, 1.165) is 17.0 Å². The quantitative estimate of drug-likeness (QED) is 0.162. The number of carbonyl (C=O) groups excluding carboxylic acids is 1. The number of hydrogen-bond donors (Lipinski definition) is 0. The summed E-state index contributed by atoms with van der Waals surface area (Å²) in [6.07, 6.45) is 0. The molecule has 8 heteroatoms. The minimum absolute atomic E-state index is 0.278. The summed E-state index contributed by atoms with van der Waals surface area (Å²) in [5.74, 6) is -0.313. The van der Waals surface area contributed by atoms with Crippen LogP contribution in [-0.2, 0) is 9.66 Å². The average Bonchev–Trinajstić information content (AvgIpc) is 2.47. The third-order valence-corrected chi connectivity index (χ3v) is 2.34. The fourth-order valence-corrected chi connectivity index (χ4v) is 1.55. The monoisotopic (exact) mass is 696 g/mol. The molecule has 23 heavy (non-hydrogen) atoms. The number of methoxy groups -OCH3 is 1. The van der Waals surface area contributed by atoms with Crippen LogP contribution in [0.15, 0.2) is 23.3 Å². The Bertz CT molecular complexity index is 505. The van der Waals surface area contributed by atoms with Gasteiger partial charge in [-0.3, -0.25) is 5.01 Å². The molecule has 0 aliphatic rings. The van der Waals surface area contributed by atoms with E-state index in [0.29, 0.717) is 5.56 Å². The van der Waals surface area contributed by atoms with Crippen LogP contribution >= 0.6 is 59.9 Å². The second-order valence-electron chi connectivity index (χ2n) is 4.25. The Labute approximate surface area is 177 Å². The second-order valence-corrected chi connectivity index (χ2v) is 39.6. The topological polar surface area (TPSA) is 41.9 Å². The zero-order chi connectivity index (χ0) is 18.6. The molecule has 1 rings (SSSR count). The number of carbonyl (C=O) groups is 1. The fourth-order valence-electron chi connectivity index (χ4n) is 1.55. The van der Waals surface area contributed by atoms with Gasteiger partial charge in [0.05, 0.1) is 18.4 Å². The van der Waals surface area contributed by atoms with Crippen LogP contribution in [0, 0.1) is 6.92 Å². The summed E-state index contributed by atoms with van der Waals surface area (Å²) in [5, 5.41) is 6.10. The number of rotatable bonds is 3. The Balaban J connectivity index is 0. The molecular formula is C15H24I3N2O2V. The van der Waals surface area contributed by atoms with Crippen molar-refractivity contribution in [1.82, 2.24) is 0 Å². The van der Waals surface area contributed by atoms with Crippen molar-refractivity contribution >= 4 is 77.3 Å². The predicted molar refractivity (Wildman–Crippen MR) is 123 cm³/mol. The van der Waals surface area contributed by atoms with E-state index >= 15 is 0 Å². The van der Waals surface area contributed by atoms with E-state index < -0.39 is 0 Å². The summed E-state index contributed by atoms with van der Waals surface area (Å²) in [4.78, 5) is 11.2. The molecule has 0 bridgehead atoms. The molecule has 0 aliphatic carbocycles. The van der Waals surface area contributed by atoms with E-state index in [2.05, 4.69) is 65.0 Å². The zero-order valence-electron chi connectivity index (χ0n) is 14.5. The molecule has 0 fully saturated rings. The number of ether oxygens (including phenoxy) is 1. The third kappa shape index (κ3) is 12.9. The van der Waals surface area contributed by atoms with Crippen molar-refractivity contribution in [3.8, 4) is 0 Å². The molecule has 0 aliphatic heterocycles. The van der Waals surface area contributed by atoms with Gasteiger partial charge < -0.3 is 4.74 Å². The third-order valence-electron chi connectivity index (χ3n) is 2.34. The number of esters is 1. The Hall–Kier alpha value is 0.934. The molecule has 0 radical (unpaired) electrons. The van der Waals surface area contributed by atoms with Gasteiger partial charge in [-0.1, -0.05) is 13.8 Å². The summed E-state index contributed by atoms with van der Waals surface area (Å²) < 4.78 is 4.70. The van der Waals surface area contributed by atoms with Crippen molar-refractivity contribution in [3.05, 3.63) is 29.3 Å². The van der Waals surface area contributed by atoms with Crippen molar-refractivity contribution in [2.45, 2.75) is 34.6 Å². The van der Waals surface area contributed by atoms with Gasteiger partial charge in [-0.05, 0) is 44.5 Å². The standard InChI is InChI=1S/C13H18N2O2.C2H6.3HI.V/c1-9(2)14-15(4)11-6-7-12(10(3)8-11)13(16)17-5;1-2;;;;/h6-8H,1-5H3;1-2H3;3*1H;/q;;;;;+3/p-3. The average molecular weight is 696 g/mol. The Kier molecular flexibility index (Phi) is 17.3. The van der Waals surface area contributed by atoms with E-state index in [1.165, 1.54) is 7.11 Å². The summed E-state index contributed by atoms with van der Waals surface area (Å²) >= 11 is 7.39. The number of halogens is 3. The molecule has 0 N–H and O–H groups in total. The van der Waals surface area contributed by atoms with Gasteiger partial charge in [-0.15, -0.1) is 0 Å². The first-order chi connectivity index (χ1) is 10.7. The molecule has 0 amide bonds. The van der Waals surface area contributed by atoms with Crippen LogP contribution in [0.25, 0.3) is 0 Å². The van der Waals surface area contributed by atoms with Gasteiger partial charge in [0.25, 0.3) is 0 Å². The van der Waals surface area contributed by atoms with Gasteiger partial charge >= 0.3 is 70.8 Å². The summed E-state index contributed by atoms with van der Waals surface area (Å²) in [6.45, 7) is 9.75. The molecule has 0 saturated carbocycles. The van der Waals surface area contributed by atoms with E-state index in [9.17, 15) is 4.79 Å². The Morgan fingerprint density at radius 1 is 1.22 bits per heavy atom. The van der Waals surface area contributed by atoms with Crippen LogP contribution in [0.5, 0.6) is 0 Å². The minimum atomic E-state index is -0.313. The molecule has 0 unspecified atom stereocenters. The SMILES string of the molecule is CC.COC(=O)c1ccc(N(C)N=C(C)C)cc1C.[I][V]([I])[I]. The number of benzene rings is 1. The first kappa shape index (κ1) is 26.2. The van der Waals surface area contributed by atoms with Crippen molar-refractivity contribution in [3.63, 3.8) is 0 Å². The van der Waals surface area contributed by atoms with Gasteiger partial charge in [-0.25, -0.2) is 4.79 Å². The fraction of sp³-hybridized carbons (Fsp3) is 0.467. The van der Waals surface area contributed by atoms with Crippen LogP contribution in [0.3, 0.4) is 0 Å². The molecule has 0 spiro atoms. The molecule has 0 aromatic heterocycles. The number of hydrogen-bond acceptors (Lipinski definition) is 4. The molecule has 1 aromatic carbocycles. The van der Waals surface area contributed by atoms with E-state index in [1.807, 2.05) is 53.8 Å². The van der Waals surface area contributed by atoms with Crippen molar-refractivity contribution in [1.29, 1.82) is 0 Å². The van der Waals surface area contributed by atoms with E-state index in [4.69, 9.17) is 4.74 Å². The normalized spacial score (nSPS) is 9.00. The summed E-state index contributed by atoms with van der Waals surface area (Å²) in [6, 6.07) is 5.53. The van der Waals surface area contributed by atoms with E-state index in [1.54, 1.807) is 11.1 Å². The zero-order valence-corrected chi connectivity index (χ0v) is 22.4. The van der Waals surface area contributed by atoms with Crippen LogP contribution < -0.4 is 5.01 Å². The molecule has 0 atom stereocenters. The van der Waals surface area contributed by atoms with Crippen molar-refractivity contribution in [2.75, 3.05) is 19.2 Å². The van der Waals surface area contributed by atoms with Gasteiger partial charge in [0, 0.05) is 12.8 Å². The van der Waals surface area contributed by atoms with E-state index in [-0.39, 0.29) is 10.9 Å². The number of aryl methyl sites for hydroxylation is 1. The van der Waals surface area contributed by atoms with Crippen LogP contribution in [0.4, 0.5) is 5.69 Å². The molecule has 4 nitrogen and oxygen atoms in total. The molecule has 0 saturated heterocycles. The van der Waals surface area contributed by atoms with Crippen LogP contribution in [0.2, 0.25) is 0 Å². The number of nitrogens with zero attached hydrogens (tertiary/aromatic N) is 2. The first-order valence-corrected chi connectivity index (χ1v) is 20.4. The first-order valence-electron chi connectivity index (χ1n) is 6.91. The number of anilines is 1. The van der Waals surface area contributed by atoms with Gasteiger partial charge in [0.1, 0.15) is 0 Å². The molecule has 0 heterocycles. The Morgan fingerprint density at radius 3 is 2.04 bits per heavy atom. The summed E-state index contributed by atoms with van der Waals surface area (Å²) in [7, 11) is 3.26. The second kappa shape index (κ2) is 15.2. The maximum atomic E-state index is 11.4. The Morgan fingerprint density at radius 2 is 1.70 bits per heavy atom. The van der Waals surface area contributed by atoms with Crippen molar-refractivity contribution < 1.29 is 14.5 Å². The maximum absolute atomic E-state index is 11.4. The van der Waals surface area contributed by atoms with Crippen LogP contribution in [0.1, 0.15) is 43.6 Å². The van der Waals surface area contributed by atoms with Crippen LogP contribution in [-0.4, -0.2) is 25.8 Å².